The number of carbonyl (C=O) groups excluding carboxylic acids is 2. The molecule has 0 saturated carbocycles. The summed E-state index contributed by atoms with van der Waals surface area (Å²) in [6.07, 6.45) is 1.24. The van der Waals surface area contributed by atoms with Gasteiger partial charge in [-0.15, -0.1) is 0 Å². The van der Waals surface area contributed by atoms with Crippen molar-refractivity contribution in [1.29, 1.82) is 0 Å². The number of nitrogens with zero attached hydrogens (tertiary/aromatic N) is 1. The number of hydrogen-bond donors (Lipinski definition) is 3. The number of ether oxygens (including phenoxy) is 1. The van der Waals surface area contributed by atoms with Gasteiger partial charge in [-0.1, -0.05) is 12.1 Å². The van der Waals surface area contributed by atoms with Crippen LogP contribution in [-0.2, 0) is 9.53 Å². The molecule has 7 nitrogen and oxygen atoms in total. The second-order valence-electron chi connectivity index (χ2n) is 7.64. The van der Waals surface area contributed by atoms with E-state index in [1.54, 1.807) is 19.2 Å². The minimum Gasteiger partial charge on any atom is -0.507 e. The van der Waals surface area contributed by atoms with E-state index in [-0.39, 0.29) is 29.9 Å². The summed E-state index contributed by atoms with van der Waals surface area (Å²) in [4.78, 5) is 26.6. The lowest BCUT2D eigenvalue weighted by atomic mass is 10.1. The maximum atomic E-state index is 12.4. The first-order valence-corrected chi connectivity index (χ1v) is 8.78. The molecule has 0 unspecified atom stereocenters. The van der Waals surface area contributed by atoms with Crippen molar-refractivity contribution in [2.45, 2.75) is 57.3 Å². The fourth-order valence-corrected chi connectivity index (χ4v) is 3.28. The first-order chi connectivity index (χ1) is 12.1. The van der Waals surface area contributed by atoms with Gasteiger partial charge in [0.05, 0.1) is 18.2 Å². The average molecular weight is 364 g/mol. The monoisotopic (exact) mass is 364 g/mol. The third kappa shape index (κ3) is 4.74. The number of aromatic hydroxyl groups is 1. The number of rotatable bonds is 5. The van der Waals surface area contributed by atoms with Crippen LogP contribution >= 0.6 is 0 Å². The normalized spacial score (nSPS) is 22.0. The number of phenols is 1. The third-order valence-electron chi connectivity index (χ3n) is 4.56. The van der Waals surface area contributed by atoms with E-state index in [1.807, 2.05) is 25.7 Å². The Balaban J connectivity index is 2.05. The quantitative estimate of drug-likeness (QED) is 0.681. The van der Waals surface area contributed by atoms with E-state index in [4.69, 9.17) is 4.74 Å². The van der Waals surface area contributed by atoms with Gasteiger partial charge in [0, 0.05) is 6.04 Å². The number of likely N-dealkylation sites (N-methyl/N-ethyl adjacent to an activating group) is 1. The van der Waals surface area contributed by atoms with Crippen LogP contribution in [0, 0.1) is 0 Å². The van der Waals surface area contributed by atoms with Crippen molar-refractivity contribution < 1.29 is 24.5 Å². The zero-order valence-corrected chi connectivity index (χ0v) is 15.7. The highest BCUT2D eigenvalue weighted by Gasteiger charge is 2.41. The molecule has 0 spiro atoms. The Morgan fingerprint density at radius 3 is 2.54 bits per heavy atom. The molecule has 1 aliphatic rings. The van der Waals surface area contributed by atoms with Gasteiger partial charge in [0.1, 0.15) is 17.4 Å². The molecule has 1 aliphatic heterocycles. The number of nitrogens with one attached hydrogen (secondary N) is 1. The van der Waals surface area contributed by atoms with E-state index < -0.39 is 23.6 Å². The Bertz CT molecular complexity index is 656. The van der Waals surface area contributed by atoms with Gasteiger partial charge >= 0.3 is 5.97 Å². The Morgan fingerprint density at radius 1 is 1.31 bits per heavy atom. The molecule has 1 saturated heterocycles. The topological polar surface area (TPSA) is 99.1 Å². The van der Waals surface area contributed by atoms with Crippen LogP contribution in [0.25, 0.3) is 0 Å². The second kappa shape index (κ2) is 8.05. The molecule has 1 aromatic rings. The number of amides is 1. The first-order valence-electron chi connectivity index (χ1n) is 8.78. The van der Waals surface area contributed by atoms with Crippen molar-refractivity contribution >= 4 is 11.9 Å². The third-order valence-corrected chi connectivity index (χ3v) is 4.56. The van der Waals surface area contributed by atoms with Gasteiger partial charge in [-0.3, -0.25) is 14.5 Å². The molecule has 0 aliphatic carbocycles. The molecular weight excluding hydrogens is 336 g/mol. The van der Waals surface area contributed by atoms with E-state index in [2.05, 4.69) is 5.32 Å². The van der Waals surface area contributed by atoms with Crippen molar-refractivity contribution in [2.24, 2.45) is 0 Å². The Kier molecular flexibility index (Phi) is 6.26. The van der Waals surface area contributed by atoms with Crippen molar-refractivity contribution in [3.8, 4) is 5.75 Å². The predicted octanol–water partition coefficient (Wildman–Crippen LogP) is 1.29. The first kappa shape index (κ1) is 20.2. The lowest BCUT2D eigenvalue weighted by Crippen LogP contribution is -2.52. The average Bonchev–Trinajstić information content (AvgIpc) is 2.93. The fraction of sp³-hybridized carbons (Fsp3) is 0.579. The Labute approximate surface area is 154 Å². The molecule has 7 heteroatoms. The number of phenolic OH excluding ortho intramolecular Hbond substituents is 1. The minimum atomic E-state index is -0.564. The van der Waals surface area contributed by atoms with E-state index in [0.29, 0.717) is 12.8 Å². The van der Waals surface area contributed by atoms with Crippen LogP contribution in [0.2, 0.25) is 0 Å². The summed E-state index contributed by atoms with van der Waals surface area (Å²) < 4.78 is 5.46. The van der Waals surface area contributed by atoms with Crippen LogP contribution in [0.4, 0.5) is 0 Å². The highest BCUT2D eigenvalue weighted by Crippen LogP contribution is 2.27. The molecule has 0 aromatic heterocycles. The molecule has 2 rings (SSSR count). The zero-order chi connectivity index (χ0) is 19.5. The largest absolute Gasteiger partial charge is 0.507 e. The van der Waals surface area contributed by atoms with Crippen molar-refractivity contribution in [1.82, 2.24) is 10.2 Å². The maximum absolute atomic E-state index is 12.4. The number of aliphatic hydroxyl groups excluding tert-OH is 1. The van der Waals surface area contributed by atoms with Crippen LogP contribution < -0.4 is 5.32 Å². The number of esters is 1. The Morgan fingerprint density at radius 2 is 1.96 bits per heavy atom. The van der Waals surface area contributed by atoms with Crippen LogP contribution in [0.15, 0.2) is 24.3 Å². The van der Waals surface area contributed by atoms with E-state index in [1.165, 1.54) is 12.1 Å². The van der Waals surface area contributed by atoms with E-state index >= 15 is 0 Å². The van der Waals surface area contributed by atoms with Crippen molar-refractivity contribution in [3.05, 3.63) is 29.8 Å². The van der Waals surface area contributed by atoms with Crippen LogP contribution in [0.1, 0.15) is 44.0 Å². The summed E-state index contributed by atoms with van der Waals surface area (Å²) >= 11 is 0. The molecule has 1 fully saturated rings. The number of hydrogen-bond acceptors (Lipinski definition) is 6. The lowest BCUT2D eigenvalue weighted by molar-refractivity contribution is -0.160. The van der Waals surface area contributed by atoms with E-state index in [0.717, 1.165) is 0 Å². The molecular formula is C19H28N2O5. The zero-order valence-electron chi connectivity index (χ0n) is 15.7. The molecule has 3 atom stereocenters. The Hall–Kier alpha value is -2.12. The molecule has 0 radical (unpaired) electrons. The summed E-state index contributed by atoms with van der Waals surface area (Å²) in [6.45, 7) is 5.19. The summed E-state index contributed by atoms with van der Waals surface area (Å²) in [5, 5.41) is 22.3. The second-order valence-corrected chi connectivity index (χ2v) is 7.64. The summed E-state index contributed by atoms with van der Waals surface area (Å²) in [5.41, 5.74) is -0.416. The lowest BCUT2D eigenvalue weighted by Gasteiger charge is -2.32. The molecule has 1 aromatic carbocycles. The molecule has 0 bridgehead atoms. The van der Waals surface area contributed by atoms with Crippen LogP contribution in [0.3, 0.4) is 0 Å². The summed E-state index contributed by atoms with van der Waals surface area (Å²) in [5.74, 6) is -0.879. The van der Waals surface area contributed by atoms with Crippen molar-refractivity contribution in [2.75, 3.05) is 13.7 Å². The maximum Gasteiger partial charge on any atom is 0.323 e. The van der Waals surface area contributed by atoms with Gasteiger partial charge in [-0.2, -0.15) is 0 Å². The molecule has 1 amide bonds. The number of para-hydroxylation sites is 1. The van der Waals surface area contributed by atoms with Gasteiger partial charge in [-0.25, -0.2) is 0 Å². The highest BCUT2D eigenvalue weighted by atomic mass is 16.6. The number of likely N-dealkylation sites (tertiary alicyclic amines) is 1. The van der Waals surface area contributed by atoms with Gasteiger partial charge in [0.15, 0.2) is 0 Å². The smallest absolute Gasteiger partial charge is 0.323 e. The minimum absolute atomic E-state index is 0.118. The van der Waals surface area contributed by atoms with Gasteiger partial charge < -0.3 is 20.3 Å². The molecule has 26 heavy (non-hydrogen) atoms. The predicted molar refractivity (Wildman–Crippen MR) is 96.9 cm³/mol. The highest BCUT2D eigenvalue weighted by molar-refractivity contribution is 5.97. The SMILES string of the molecule is CN1[C@@H](C(=O)OC(C)(C)C)CC[C@@H]1[C@H](CO)NC(=O)c1ccccc1O. The van der Waals surface area contributed by atoms with Crippen LogP contribution in [0.5, 0.6) is 5.75 Å². The van der Waals surface area contributed by atoms with Gasteiger partial charge in [-0.05, 0) is 52.8 Å². The number of aliphatic hydroxyl groups is 1. The summed E-state index contributed by atoms with van der Waals surface area (Å²) in [7, 11) is 1.79. The standard InChI is InChI=1S/C19H28N2O5/c1-19(2,3)26-18(25)15-10-9-14(21(15)4)13(11-22)20-17(24)12-7-5-6-8-16(12)23/h5-8,13-15,22-23H,9-11H2,1-4H3,(H,20,24)/t13-,14+,15+/m0/s1. The van der Waals surface area contributed by atoms with Gasteiger partial charge in [0.25, 0.3) is 5.91 Å². The van der Waals surface area contributed by atoms with Crippen molar-refractivity contribution in [3.63, 3.8) is 0 Å². The number of benzene rings is 1. The van der Waals surface area contributed by atoms with E-state index in [9.17, 15) is 19.8 Å². The molecule has 1 heterocycles. The molecule has 144 valence electrons. The fourth-order valence-electron chi connectivity index (χ4n) is 3.28. The molecule has 3 N–H and O–H groups in total. The van der Waals surface area contributed by atoms with Crippen LogP contribution in [-0.4, -0.2) is 64.4 Å². The van der Waals surface area contributed by atoms with Gasteiger partial charge in [0.2, 0.25) is 0 Å². The number of carbonyl (C=O) groups is 2. The summed E-state index contributed by atoms with van der Waals surface area (Å²) in [6, 6.07) is 5.07.